The maximum atomic E-state index is 11.3. The summed E-state index contributed by atoms with van der Waals surface area (Å²) in [6.45, 7) is 3.06. The van der Waals surface area contributed by atoms with Crippen LogP contribution in [0.3, 0.4) is 0 Å². The molecule has 80 valence electrons. The number of phenols is 1. The highest BCUT2D eigenvalue weighted by Gasteiger charge is 2.23. The molecule has 0 aromatic heterocycles. The van der Waals surface area contributed by atoms with Gasteiger partial charge in [0.1, 0.15) is 5.75 Å². The van der Waals surface area contributed by atoms with Gasteiger partial charge in [0.2, 0.25) is 0 Å². The third kappa shape index (κ3) is 1.94. The van der Waals surface area contributed by atoms with E-state index in [1.54, 1.807) is 6.92 Å². The summed E-state index contributed by atoms with van der Waals surface area (Å²) in [7, 11) is 0. The molecule has 15 heavy (non-hydrogen) atoms. The fourth-order valence-corrected chi connectivity index (χ4v) is 1.70. The molecule has 1 rings (SSSR count). The van der Waals surface area contributed by atoms with Crippen molar-refractivity contribution in [3.05, 3.63) is 27.8 Å². The standard InChI is InChI=1S/C10H9ClO4/c1-4-3-6(11)7(5(2)8(4)12)9(13)10(14)15/h3,12H,1-2H3,(H,14,15). The second-order valence-corrected chi connectivity index (χ2v) is 3.57. The summed E-state index contributed by atoms with van der Waals surface area (Å²) in [5, 5.41) is 18.1. The highest BCUT2D eigenvalue weighted by Crippen LogP contribution is 2.31. The normalized spacial score (nSPS) is 10.1. The van der Waals surface area contributed by atoms with E-state index >= 15 is 0 Å². The molecular weight excluding hydrogens is 220 g/mol. The van der Waals surface area contributed by atoms with Gasteiger partial charge in [-0.15, -0.1) is 0 Å². The highest BCUT2D eigenvalue weighted by molar-refractivity contribution is 6.45. The van der Waals surface area contributed by atoms with E-state index in [1.165, 1.54) is 13.0 Å². The number of carbonyl (C=O) groups is 2. The molecule has 0 amide bonds. The fourth-order valence-electron chi connectivity index (χ4n) is 1.31. The van der Waals surface area contributed by atoms with Crippen LogP contribution >= 0.6 is 11.6 Å². The molecule has 2 N–H and O–H groups in total. The molecule has 1 aromatic carbocycles. The van der Waals surface area contributed by atoms with E-state index in [4.69, 9.17) is 16.7 Å². The first-order chi connectivity index (χ1) is 6.86. The summed E-state index contributed by atoms with van der Waals surface area (Å²) in [6.07, 6.45) is 0. The topological polar surface area (TPSA) is 74.6 Å². The van der Waals surface area contributed by atoms with Gasteiger partial charge in [-0.25, -0.2) is 4.79 Å². The Balaban J connectivity index is 3.49. The molecule has 0 heterocycles. The van der Waals surface area contributed by atoms with Gasteiger partial charge in [-0.2, -0.15) is 0 Å². The Bertz CT molecular complexity index is 451. The van der Waals surface area contributed by atoms with Crippen LogP contribution in [0.1, 0.15) is 21.5 Å². The van der Waals surface area contributed by atoms with Gasteiger partial charge in [0.15, 0.2) is 0 Å². The van der Waals surface area contributed by atoms with Gasteiger partial charge in [0.05, 0.1) is 10.6 Å². The highest BCUT2D eigenvalue weighted by atomic mass is 35.5. The van der Waals surface area contributed by atoms with E-state index in [-0.39, 0.29) is 21.9 Å². The molecular formula is C10H9ClO4. The van der Waals surface area contributed by atoms with Crippen LogP contribution in [-0.4, -0.2) is 22.0 Å². The van der Waals surface area contributed by atoms with E-state index in [0.29, 0.717) is 5.56 Å². The monoisotopic (exact) mass is 228 g/mol. The van der Waals surface area contributed by atoms with Crippen LogP contribution < -0.4 is 0 Å². The maximum absolute atomic E-state index is 11.3. The van der Waals surface area contributed by atoms with Crippen molar-refractivity contribution in [1.82, 2.24) is 0 Å². The minimum absolute atomic E-state index is 0.0372. The Morgan fingerprint density at radius 2 is 1.87 bits per heavy atom. The Morgan fingerprint density at radius 1 is 1.33 bits per heavy atom. The van der Waals surface area contributed by atoms with Crippen LogP contribution in [0.5, 0.6) is 5.75 Å². The summed E-state index contributed by atoms with van der Waals surface area (Å²) in [5.41, 5.74) is 0.527. The SMILES string of the molecule is Cc1cc(Cl)c(C(=O)C(=O)O)c(C)c1O. The number of aromatic hydroxyl groups is 1. The average Bonchev–Trinajstić information content (AvgIpc) is 2.14. The summed E-state index contributed by atoms with van der Waals surface area (Å²) in [4.78, 5) is 21.8. The molecule has 0 aliphatic rings. The number of rotatable bonds is 2. The van der Waals surface area contributed by atoms with Crippen molar-refractivity contribution in [2.45, 2.75) is 13.8 Å². The Hall–Kier alpha value is -1.55. The second kappa shape index (κ2) is 3.90. The van der Waals surface area contributed by atoms with Crippen molar-refractivity contribution in [2.75, 3.05) is 0 Å². The Morgan fingerprint density at radius 3 is 2.33 bits per heavy atom. The van der Waals surface area contributed by atoms with Crippen LogP contribution in [-0.2, 0) is 4.79 Å². The number of ketones is 1. The van der Waals surface area contributed by atoms with E-state index in [9.17, 15) is 14.7 Å². The van der Waals surface area contributed by atoms with Gasteiger partial charge in [0.25, 0.3) is 5.78 Å². The minimum atomic E-state index is -1.59. The number of aliphatic carboxylic acids is 1. The molecule has 0 saturated heterocycles. The molecule has 0 bridgehead atoms. The molecule has 0 aliphatic carbocycles. The molecule has 0 spiro atoms. The van der Waals surface area contributed by atoms with Crippen LogP contribution in [0.4, 0.5) is 0 Å². The molecule has 0 aliphatic heterocycles. The molecule has 5 heteroatoms. The van der Waals surface area contributed by atoms with Crippen LogP contribution in [0.15, 0.2) is 6.07 Å². The summed E-state index contributed by atoms with van der Waals surface area (Å²) in [6, 6.07) is 1.36. The first-order valence-electron chi connectivity index (χ1n) is 4.12. The zero-order valence-electron chi connectivity index (χ0n) is 8.17. The van der Waals surface area contributed by atoms with Gasteiger partial charge in [-0.1, -0.05) is 11.6 Å². The third-order valence-electron chi connectivity index (χ3n) is 2.11. The number of Topliss-reactive ketones (excluding diaryl/α,β-unsaturated/α-hetero) is 1. The predicted octanol–water partition coefficient (Wildman–Crippen LogP) is 1.93. The van der Waals surface area contributed by atoms with Gasteiger partial charge >= 0.3 is 5.97 Å². The molecule has 4 nitrogen and oxygen atoms in total. The first-order valence-corrected chi connectivity index (χ1v) is 4.50. The molecule has 0 saturated carbocycles. The van der Waals surface area contributed by atoms with E-state index < -0.39 is 11.8 Å². The lowest BCUT2D eigenvalue weighted by Crippen LogP contribution is -2.15. The van der Waals surface area contributed by atoms with Gasteiger partial charge in [-0.05, 0) is 25.5 Å². The summed E-state index contributed by atoms with van der Waals surface area (Å²) >= 11 is 5.75. The summed E-state index contributed by atoms with van der Waals surface area (Å²) < 4.78 is 0. The summed E-state index contributed by atoms with van der Waals surface area (Å²) in [5.74, 6) is -2.82. The average molecular weight is 229 g/mol. The Kier molecular flexibility index (Phi) is 3.00. The minimum Gasteiger partial charge on any atom is -0.507 e. The predicted molar refractivity (Wildman–Crippen MR) is 54.6 cm³/mol. The lowest BCUT2D eigenvalue weighted by atomic mass is 10.0. The van der Waals surface area contributed by atoms with Crippen molar-refractivity contribution >= 4 is 23.4 Å². The van der Waals surface area contributed by atoms with Gasteiger partial charge < -0.3 is 10.2 Å². The maximum Gasteiger partial charge on any atom is 0.377 e. The first kappa shape index (κ1) is 11.5. The van der Waals surface area contributed by atoms with Crippen molar-refractivity contribution < 1.29 is 19.8 Å². The van der Waals surface area contributed by atoms with E-state index in [1.807, 2.05) is 0 Å². The number of hydrogen-bond donors (Lipinski definition) is 2. The zero-order chi connectivity index (χ0) is 11.7. The third-order valence-corrected chi connectivity index (χ3v) is 2.41. The lowest BCUT2D eigenvalue weighted by Gasteiger charge is -2.09. The van der Waals surface area contributed by atoms with Crippen LogP contribution in [0, 0.1) is 13.8 Å². The lowest BCUT2D eigenvalue weighted by molar-refractivity contribution is -0.131. The van der Waals surface area contributed by atoms with Crippen molar-refractivity contribution in [1.29, 1.82) is 0 Å². The largest absolute Gasteiger partial charge is 0.507 e. The number of hydrogen-bond acceptors (Lipinski definition) is 3. The number of halogens is 1. The molecule has 0 fully saturated rings. The fraction of sp³-hybridized carbons (Fsp3) is 0.200. The van der Waals surface area contributed by atoms with E-state index in [0.717, 1.165) is 0 Å². The molecule has 0 radical (unpaired) electrons. The van der Waals surface area contributed by atoms with Crippen LogP contribution in [0.25, 0.3) is 0 Å². The van der Waals surface area contributed by atoms with Gasteiger partial charge in [0, 0.05) is 5.56 Å². The number of carboxylic acids is 1. The number of phenolic OH excluding ortho intramolecular Hbond substituents is 1. The number of carbonyl (C=O) groups excluding carboxylic acids is 1. The number of carboxylic acid groups (broad SMARTS) is 1. The van der Waals surface area contributed by atoms with Crippen molar-refractivity contribution in [3.63, 3.8) is 0 Å². The quantitative estimate of drug-likeness (QED) is 0.599. The van der Waals surface area contributed by atoms with Crippen molar-refractivity contribution in [3.8, 4) is 5.75 Å². The number of aryl methyl sites for hydroxylation is 1. The molecule has 0 unspecified atom stereocenters. The smallest absolute Gasteiger partial charge is 0.377 e. The van der Waals surface area contributed by atoms with Gasteiger partial charge in [-0.3, -0.25) is 4.79 Å². The zero-order valence-corrected chi connectivity index (χ0v) is 8.92. The van der Waals surface area contributed by atoms with Crippen LogP contribution in [0.2, 0.25) is 5.02 Å². The molecule has 1 aromatic rings. The molecule has 0 atom stereocenters. The second-order valence-electron chi connectivity index (χ2n) is 3.16. The van der Waals surface area contributed by atoms with E-state index in [2.05, 4.69) is 0 Å². The van der Waals surface area contributed by atoms with Crippen molar-refractivity contribution in [2.24, 2.45) is 0 Å². The Labute approximate surface area is 91.1 Å². The number of benzene rings is 1.